The first-order valence-electron chi connectivity index (χ1n) is 6.07. The van der Waals surface area contributed by atoms with Crippen LogP contribution in [-0.2, 0) is 0 Å². The van der Waals surface area contributed by atoms with E-state index in [4.69, 9.17) is 4.74 Å². The maximum atomic E-state index is 5.22. The predicted octanol–water partition coefficient (Wildman–Crippen LogP) is 3.71. The number of methoxy groups -OCH3 is 1. The first kappa shape index (κ1) is 13.8. The number of benzene rings is 1. The third kappa shape index (κ3) is 2.87. The highest BCUT2D eigenvalue weighted by Gasteiger charge is 2.14. The molecule has 0 atom stereocenters. The highest BCUT2D eigenvalue weighted by Crippen LogP contribution is 2.29. The summed E-state index contributed by atoms with van der Waals surface area (Å²) in [6.45, 7) is 4.94. The molecular weight excluding hydrogens is 306 g/mol. The number of ether oxygens (including phenoxy) is 1. The van der Waals surface area contributed by atoms with Crippen LogP contribution in [0.3, 0.4) is 0 Å². The minimum Gasteiger partial charge on any atom is -0.480 e. The van der Waals surface area contributed by atoms with Crippen LogP contribution in [0.5, 0.6) is 5.88 Å². The van der Waals surface area contributed by atoms with Gasteiger partial charge in [0.05, 0.1) is 17.8 Å². The summed E-state index contributed by atoms with van der Waals surface area (Å²) in [5.41, 5.74) is 2.30. The van der Waals surface area contributed by atoms with Crippen LogP contribution in [0.25, 0.3) is 0 Å². The molecule has 0 radical (unpaired) electrons. The third-order valence-corrected chi connectivity index (χ3v) is 3.40. The van der Waals surface area contributed by atoms with Gasteiger partial charge in [-0.05, 0) is 41.4 Å². The minimum atomic E-state index is 0.539. The molecule has 0 fully saturated rings. The van der Waals surface area contributed by atoms with Gasteiger partial charge >= 0.3 is 0 Å². The fourth-order valence-corrected chi connectivity index (χ4v) is 2.25. The molecule has 0 N–H and O–H groups in total. The van der Waals surface area contributed by atoms with E-state index in [0.29, 0.717) is 11.8 Å². The number of aryl methyl sites for hydroxylation is 1. The van der Waals surface area contributed by atoms with Gasteiger partial charge in [-0.15, -0.1) is 0 Å². The van der Waals surface area contributed by atoms with E-state index in [9.17, 15) is 0 Å². The Hall–Kier alpha value is -1.62. The van der Waals surface area contributed by atoms with Crippen molar-refractivity contribution in [1.82, 2.24) is 9.97 Å². The first-order chi connectivity index (χ1) is 9.17. The molecule has 0 saturated carbocycles. The van der Waals surface area contributed by atoms with Gasteiger partial charge in [0.2, 0.25) is 11.8 Å². The Morgan fingerprint density at radius 3 is 2.68 bits per heavy atom. The molecule has 0 bridgehead atoms. The zero-order chi connectivity index (χ0) is 13.8. The van der Waals surface area contributed by atoms with Gasteiger partial charge in [-0.3, -0.25) is 0 Å². The first-order valence-corrected chi connectivity index (χ1v) is 6.86. The zero-order valence-electron chi connectivity index (χ0n) is 11.2. The zero-order valence-corrected chi connectivity index (χ0v) is 12.8. The summed E-state index contributed by atoms with van der Waals surface area (Å²) in [7, 11) is 1.60. The van der Waals surface area contributed by atoms with Crippen molar-refractivity contribution in [2.24, 2.45) is 0 Å². The van der Waals surface area contributed by atoms with Gasteiger partial charge in [0.25, 0.3) is 0 Å². The highest BCUT2D eigenvalue weighted by atomic mass is 79.9. The van der Waals surface area contributed by atoms with Crippen molar-refractivity contribution in [3.63, 3.8) is 0 Å². The smallest absolute Gasteiger partial charge is 0.233 e. The summed E-state index contributed by atoms with van der Waals surface area (Å²) < 4.78 is 5.97. The van der Waals surface area contributed by atoms with Gasteiger partial charge in [-0.25, -0.2) is 4.98 Å². The molecule has 19 heavy (non-hydrogen) atoms. The lowest BCUT2D eigenvalue weighted by Crippen LogP contribution is -2.19. The second-order valence-electron chi connectivity index (χ2n) is 4.06. The number of hydrogen-bond donors (Lipinski definition) is 0. The number of aromatic nitrogens is 2. The molecule has 1 aromatic heterocycles. The number of anilines is 2. The van der Waals surface area contributed by atoms with E-state index in [-0.39, 0.29) is 0 Å². The Morgan fingerprint density at radius 2 is 2.05 bits per heavy atom. The topological polar surface area (TPSA) is 38.2 Å². The maximum Gasteiger partial charge on any atom is 0.233 e. The van der Waals surface area contributed by atoms with Crippen molar-refractivity contribution in [3.05, 3.63) is 40.5 Å². The van der Waals surface area contributed by atoms with Crippen molar-refractivity contribution in [3.8, 4) is 5.88 Å². The van der Waals surface area contributed by atoms with Crippen LogP contribution >= 0.6 is 15.9 Å². The minimum absolute atomic E-state index is 0.539. The van der Waals surface area contributed by atoms with Crippen LogP contribution in [-0.4, -0.2) is 23.6 Å². The van der Waals surface area contributed by atoms with Crippen LogP contribution in [0.4, 0.5) is 11.6 Å². The number of halogens is 1. The molecular formula is C14H16BrN3O. The quantitative estimate of drug-likeness (QED) is 0.860. The lowest BCUT2D eigenvalue weighted by atomic mass is 10.2. The molecule has 0 aliphatic rings. The molecule has 0 spiro atoms. The maximum absolute atomic E-state index is 5.22. The summed E-state index contributed by atoms with van der Waals surface area (Å²) in [6, 6.07) is 8.18. The van der Waals surface area contributed by atoms with Gasteiger partial charge in [-0.2, -0.15) is 4.98 Å². The molecule has 2 aromatic rings. The molecule has 0 amide bonds. The van der Waals surface area contributed by atoms with E-state index in [1.165, 1.54) is 5.56 Å². The monoisotopic (exact) mass is 321 g/mol. The molecule has 4 nitrogen and oxygen atoms in total. The Balaban J connectivity index is 2.45. The van der Waals surface area contributed by atoms with Crippen molar-refractivity contribution >= 4 is 27.6 Å². The number of hydrogen-bond acceptors (Lipinski definition) is 4. The molecule has 0 aliphatic carbocycles. The van der Waals surface area contributed by atoms with Crippen molar-refractivity contribution < 1.29 is 4.74 Å². The summed E-state index contributed by atoms with van der Waals surface area (Å²) >= 11 is 3.36. The van der Waals surface area contributed by atoms with Crippen LogP contribution < -0.4 is 9.64 Å². The average molecular weight is 322 g/mol. The molecule has 100 valence electrons. The van der Waals surface area contributed by atoms with E-state index in [2.05, 4.69) is 56.8 Å². The van der Waals surface area contributed by atoms with Crippen LogP contribution in [0.15, 0.2) is 34.9 Å². The molecule has 0 saturated heterocycles. The van der Waals surface area contributed by atoms with E-state index in [0.717, 1.165) is 16.7 Å². The summed E-state index contributed by atoms with van der Waals surface area (Å²) in [5.74, 6) is 1.17. The number of nitrogens with zero attached hydrogens (tertiary/aromatic N) is 3. The molecule has 5 heteroatoms. The van der Waals surface area contributed by atoms with Gasteiger partial charge < -0.3 is 9.64 Å². The molecule has 0 unspecified atom stereocenters. The molecule has 2 rings (SSSR count). The van der Waals surface area contributed by atoms with Crippen molar-refractivity contribution in [2.45, 2.75) is 13.8 Å². The fraction of sp³-hybridized carbons (Fsp3) is 0.286. The van der Waals surface area contributed by atoms with Gasteiger partial charge in [0.1, 0.15) is 0 Å². The Labute approximate surface area is 121 Å². The van der Waals surface area contributed by atoms with E-state index < -0.39 is 0 Å². The second kappa shape index (κ2) is 6.02. The van der Waals surface area contributed by atoms with Gasteiger partial charge in [0.15, 0.2) is 0 Å². The van der Waals surface area contributed by atoms with Gasteiger partial charge in [-0.1, -0.05) is 18.2 Å². The van der Waals surface area contributed by atoms with Crippen LogP contribution in [0.2, 0.25) is 0 Å². The van der Waals surface area contributed by atoms with E-state index in [1.54, 1.807) is 13.3 Å². The molecule has 1 heterocycles. The Bertz CT molecular complexity index is 574. The third-order valence-electron chi connectivity index (χ3n) is 2.86. The highest BCUT2D eigenvalue weighted by molar-refractivity contribution is 9.10. The molecule has 1 aromatic carbocycles. The SMILES string of the molecule is CCN(c1ncc(Br)c(OC)n1)c1ccccc1C. The van der Waals surface area contributed by atoms with Crippen molar-refractivity contribution in [2.75, 3.05) is 18.6 Å². The predicted molar refractivity (Wildman–Crippen MR) is 80.1 cm³/mol. The van der Waals surface area contributed by atoms with Crippen LogP contribution in [0.1, 0.15) is 12.5 Å². The summed E-state index contributed by atoms with van der Waals surface area (Å²) in [5, 5.41) is 0. The summed E-state index contributed by atoms with van der Waals surface area (Å²) in [6.07, 6.45) is 1.71. The lowest BCUT2D eigenvalue weighted by molar-refractivity contribution is 0.394. The number of rotatable bonds is 4. The average Bonchev–Trinajstić information content (AvgIpc) is 2.43. The molecule has 0 aliphatic heterocycles. The Kier molecular flexibility index (Phi) is 4.37. The Morgan fingerprint density at radius 1 is 1.32 bits per heavy atom. The standard InChI is InChI=1S/C14H16BrN3O/c1-4-18(12-8-6-5-7-10(12)2)14-16-9-11(15)13(17-14)19-3/h5-9H,4H2,1-3H3. The second-order valence-corrected chi connectivity index (χ2v) is 4.91. The van der Waals surface area contributed by atoms with Crippen LogP contribution in [0, 0.1) is 6.92 Å². The van der Waals surface area contributed by atoms with Crippen molar-refractivity contribution in [1.29, 1.82) is 0 Å². The fourth-order valence-electron chi connectivity index (χ4n) is 1.90. The van der Waals surface area contributed by atoms with E-state index >= 15 is 0 Å². The summed E-state index contributed by atoms with van der Waals surface area (Å²) in [4.78, 5) is 10.8. The largest absolute Gasteiger partial charge is 0.480 e. The van der Waals surface area contributed by atoms with E-state index in [1.807, 2.05) is 12.1 Å². The van der Waals surface area contributed by atoms with Gasteiger partial charge in [0, 0.05) is 12.2 Å². The number of para-hydroxylation sites is 1. The lowest BCUT2D eigenvalue weighted by Gasteiger charge is -2.23. The normalized spacial score (nSPS) is 10.3.